The summed E-state index contributed by atoms with van der Waals surface area (Å²) in [5.41, 5.74) is 1.94. The molecule has 0 aliphatic heterocycles. The van der Waals surface area contributed by atoms with Crippen molar-refractivity contribution in [2.75, 3.05) is 5.32 Å². The number of alkyl halides is 2. The Balaban J connectivity index is 1.86. The monoisotopic (exact) mass is 395 g/mol. The molecule has 0 radical (unpaired) electrons. The first-order valence-corrected chi connectivity index (χ1v) is 9.22. The van der Waals surface area contributed by atoms with Crippen LogP contribution in [0.1, 0.15) is 12.7 Å². The molecule has 26 heavy (non-hydrogen) atoms. The maximum absolute atomic E-state index is 12.8. The maximum Gasteiger partial charge on any atom is 0.289 e. The highest BCUT2D eigenvalue weighted by molar-refractivity contribution is 7.99. The molecule has 0 aliphatic rings. The number of nitrogens with one attached hydrogen (secondary N) is 1. The topological polar surface area (TPSA) is 46.9 Å². The summed E-state index contributed by atoms with van der Waals surface area (Å²) >= 11 is 6.32. The van der Waals surface area contributed by atoms with E-state index in [1.54, 1.807) is 12.1 Å². The van der Waals surface area contributed by atoms with Gasteiger partial charge in [-0.15, -0.1) is 0 Å². The van der Waals surface area contributed by atoms with Crippen LogP contribution in [0, 0.1) is 0 Å². The van der Waals surface area contributed by atoms with Gasteiger partial charge in [0.2, 0.25) is 5.91 Å². The van der Waals surface area contributed by atoms with Crippen LogP contribution in [-0.2, 0) is 17.8 Å². The van der Waals surface area contributed by atoms with Crippen LogP contribution in [0.25, 0.3) is 11.0 Å². The van der Waals surface area contributed by atoms with Crippen LogP contribution in [0.2, 0.25) is 5.02 Å². The molecule has 1 amide bonds. The van der Waals surface area contributed by atoms with Crippen molar-refractivity contribution in [2.24, 2.45) is 0 Å². The van der Waals surface area contributed by atoms with Gasteiger partial charge in [-0.3, -0.25) is 4.79 Å². The van der Waals surface area contributed by atoms with Gasteiger partial charge in [0.05, 0.1) is 26.6 Å². The summed E-state index contributed by atoms with van der Waals surface area (Å²) in [4.78, 5) is 17.2. The number of benzene rings is 2. The van der Waals surface area contributed by atoms with Crippen molar-refractivity contribution in [3.05, 3.63) is 53.3 Å². The molecule has 0 spiro atoms. The number of halogens is 3. The molecule has 0 saturated carbocycles. The second-order valence-electron chi connectivity index (χ2n) is 5.50. The standard InChI is InChI=1S/C18H16ClF2N3OS/c1-2-15-22-12-7-3-4-9-14(12)24(15)10-16(25)23-13-8-5-6-11(19)17(13)26-18(20)21/h3-9,18H,2,10H2,1H3,(H,23,25). The van der Waals surface area contributed by atoms with Gasteiger partial charge >= 0.3 is 0 Å². The molecule has 0 bridgehead atoms. The lowest BCUT2D eigenvalue weighted by molar-refractivity contribution is -0.116. The Morgan fingerprint density at radius 3 is 2.77 bits per heavy atom. The average Bonchev–Trinajstić information content (AvgIpc) is 2.95. The summed E-state index contributed by atoms with van der Waals surface area (Å²) in [5.74, 6) is -2.18. The van der Waals surface area contributed by atoms with Gasteiger partial charge in [0, 0.05) is 6.42 Å². The second-order valence-corrected chi connectivity index (χ2v) is 6.91. The van der Waals surface area contributed by atoms with Crippen LogP contribution in [0.15, 0.2) is 47.4 Å². The molecule has 0 unspecified atom stereocenters. The van der Waals surface area contributed by atoms with E-state index in [4.69, 9.17) is 11.6 Å². The number of rotatable bonds is 6. The number of anilines is 1. The Morgan fingerprint density at radius 2 is 2.04 bits per heavy atom. The van der Waals surface area contributed by atoms with Crippen LogP contribution in [0.4, 0.5) is 14.5 Å². The second kappa shape index (κ2) is 8.05. The number of hydrogen-bond donors (Lipinski definition) is 1. The minimum absolute atomic E-state index is 0.0367. The molecule has 0 saturated heterocycles. The van der Waals surface area contributed by atoms with Crippen LogP contribution < -0.4 is 5.32 Å². The summed E-state index contributed by atoms with van der Waals surface area (Å²) in [5, 5.41) is 2.86. The van der Waals surface area contributed by atoms with Crippen molar-refractivity contribution in [1.82, 2.24) is 9.55 Å². The molecule has 3 aromatic rings. The number of imidazole rings is 1. The fraction of sp³-hybridized carbons (Fsp3) is 0.222. The molecule has 0 aliphatic carbocycles. The van der Waals surface area contributed by atoms with E-state index in [-0.39, 0.29) is 28.1 Å². The summed E-state index contributed by atoms with van der Waals surface area (Å²) < 4.78 is 27.4. The number of carbonyl (C=O) groups is 1. The summed E-state index contributed by atoms with van der Waals surface area (Å²) in [6, 6.07) is 12.2. The number of amides is 1. The maximum atomic E-state index is 12.8. The number of aromatic nitrogens is 2. The molecule has 2 aromatic carbocycles. The first-order chi connectivity index (χ1) is 12.5. The lowest BCUT2D eigenvalue weighted by atomic mass is 10.3. The molecule has 1 heterocycles. The number of nitrogens with zero attached hydrogens (tertiary/aromatic N) is 2. The molecule has 4 nitrogen and oxygen atoms in total. The van der Waals surface area contributed by atoms with Gasteiger partial charge in [0.1, 0.15) is 12.4 Å². The number of aryl methyl sites for hydroxylation is 1. The normalized spacial score (nSPS) is 11.3. The highest BCUT2D eigenvalue weighted by atomic mass is 35.5. The molecule has 8 heteroatoms. The number of fused-ring (bicyclic) bond motifs is 1. The zero-order chi connectivity index (χ0) is 18.7. The molecule has 0 atom stereocenters. The van der Waals surface area contributed by atoms with Crippen LogP contribution >= 0.6 is 23.4 Å². The van der Waals surface area contributed by atoms with Crippen molar-refractivity contribution in [2.45, 2.75) is 30.5 Å². The van der Waals surface area contributed by atoms with Crippen LogP contribution in [0.5, 0.6) is 0 Å². The molecular weight excluding hydrogens is 380 g/mol. The van der Waals surface area contributed by atoms with Gasteiger partial charge in [0.25, 0.3) is 5.76 Å². The largest absolute Gasteiger partial charge is 0.323 e. The third kappa shape index (κ3) is 3.99. The third-order valence-electron chi connectivity index (χ3n) is 3.80. The predicted molar refractivity (Wildman–Crippen MR) is 101 cm³/mol. The minimum Gasteiger partial charge on any atom is -0.323 e. The van der Waals surface area contributed by atoms with E-state index in [0.29, 0.717) is 18.2 Å². The van der Waals surface area contributed by atoms with Crippen molar-refractivity contribution in [3.63, 3.8) is 0 Å². The van der Waals surface area contributed by atoms with Gasteiger partial charge in [-0.2, -0.15) is 8.78 Å². The highest BCUT2D eigenvalue weighted by Gasteiger charge is 2.17. The van der Waals surface area contributed by atoms with E-state index in [0.717, 1.165) is 16.9 Å². The summed E-state index contributed by atoms with van der Waals surface area (Å²) in [7, 11) is 0. The van der Waals surface area contributed by atoms with E-state index >= 15 is 0 Å². The molecule has 1 N–H and O–H groups in total. The fourth-order valence-electron chi connectivity index (χ4n) is 2.72. The highest BCUT2D eigenvalue weighted by Crippen LogP contribution is 2.37. The Kier molecular flexibility index (Phi) is 5.78. The smallest absolute Gasteiger partial charge is 0.289 e. The summed E-state index contributed by atoms with van der Waals surface area (Å²) in [6.07, 6.45) is 0.672. The quantitative estimate of drug-likeness (QED) is 0.583. The molecule has 1 aromatic heterocycles. The van der Waals surface area contributed by atoms with E-state index in [1.807, 2.05) is 35.8 Å². The van der Waals surface area contributed by atoms with Gasteiger partial charge in [0.15, 0.2) is 0 Å². The first-order valence-electron chi connectivity index (χ1n) is 7.97. The van der Waals surface area contributed by atoms with Gasteiger partial charge in [-0.25, -0.2) is 4.98 Å². The SMILES string of the molecule is CCc1nc2ccccc2n1CC(=O)Nc1cccc(Cl)c1SC(F)F. The van der Waals surface area contributed by atoms with Crippen molar-refractivity contribution in [1.29, 1.82) is 0 Å². The number of carbonyl (C=O) groups excluding carboxylic acids is 1. The molecular formula is C18H16ClF2N3OS. The first kappa shape index (κ1) is 18.7. The van der Waals surface area contributed by atoms with Gasteiger partial charge in [-0.05, 0) is 24.3 Å². The van der Waals surface area contributed by atoms with Crippen molar-refractivity contribution >= 4 is 46.0 Å². The van der Waals surface area contributed by atoms with Crippen LogP contribution in [-0.4, -0.2) is 21.2 Å². The summed E-state index contributed by atoms with van der Waals surface area (Å²) in [6.45, 7) is 2.00. The van der Waals surface area contributed by atoms with Crippen molar-refractivity contribution in [3.8, 4) is 0 Å². The van der Waals surface area contributed by atoms with Crippen molar-refractivity contribution < 1.29 is 13.6 Å². The van der Waals surface area contributed by atoms with E-state index < -0.39 is 5.76 Å². The third-order valence-corrected chi connectivity index (χ3v) is 5.08. The van der Waals surface area contributed by atoms with Gasteiger partial charge < -0.3 is 9.88 Å². The Morgan fingerprint density at radius 1 is 1.27 bits per heavy atom. The Hall–Kier alpha value is -2.12. The molecule has 136 valence electrons. The molecule has 3 rings (SSSR count). The zero-order valence-electron chi connectivity index (χ0n) is 13.9. The number of para-hydroxylation sites is 2. The Labute approximate surface area is 158 Å². The molecule has 0 fully saturated rings. The van der Waals surface area contributed by atoms with E-state index in [1.165, 1.54) is 6.07 Å². The lowest BCUT2D eigenvalue weighted by Gasteiger charge is -2.13. The lowest BCUT2D eigenvalue weighted by Crippen LogP contribution is -2.20. The van der Waals surface area contributed by atoms with Crippen LogP contribution in [0.3, 0.4) is 0 Å². The van der Waals surface area contributed by atoms with E-state index in [2.05, 4.69) is 10.3 Å². The minimum atomic E-state index is -2.63. The zero-order valence-corrected chi connectivity index (χ0v) is 15.5. The fourth-order valence-corrected chi connectivity index (χ4v) is 3.63. The van der Waals surface area contributed by atoms with Gasteiger partial charge in [-0.1, -0.05) is 48.5 Å². The number of hydrogen-bond acceptors (Lipinski definition) is 3. The van der Waals surface area contributed by atoms with E-state index in [9.17, 15) is 13.6 Å². The average molecular weight is 396 g/mol. The predicted octanol–water partition coefficient (Wildman–Crippen LogP) is 5.21. The number of thioether (sulfide) groups is 1. The Bertz CT molecular complexity index is 945.